The van der Waals surface area contributed by atoms with Gasteiger partial charge in [-0.15, -0.1) is 11.3 Å². The standard InChI is InChI=1S/C19H21N3O3S/c1-5-15-20-13-8-6-7-9-14(13)22(15)10-16(23)21-18-17(19(24)25-4)11(2)12(3)26-18/h6-9H,5,10H2,1-4H3,(H,21,23). The third kappa shape index (κ3) is 3.22. The average molecular weight is 371 g/mol. The second-order valence-corrected chi connectivity index (χ2v) is 7.21. The number of aromatic nitrogens is 2. The molecule has 7 heteroatoms. The highest BCUT2D eigenvalue weighted by Crippen LogP contribution is 2.33. The molecule has 2 aromatic heterocycles. The molecule has 3 rings (SSSR count). The normalized spacial score (nSPS) is 10.9. The molecule has 26 heavy (non-hydrogen) atoms. The van der Waals surface area contributed by atoms with Crippen LogP contribution in [0, 0.1) is 13.8 Å². The number of amides is 1. The van der Waals surface area contributed by atoms with Gasteiger partial charge in [-0.2, -0.15) is 0 Å². The van der Waals surface area contributed by atoms with Gasteiger partial charge in [0.05, 0.1) is 23.7 Å². The van der Waals surface area contributed by atoms with E-state index in [2.05, 4.69) is 10.3 Å². The van der Waals surface area contributed by atoms with Crippen molar-refractivity contribution in [2.24, 2.45) is 0 Å². The van der Waals surface area contributed by atoms with E-state index in [9.17, 15) is 9.59 Å². The van der Waals surface area contributed by atoms with Gasteiger partial charge in [-0.1, -0.05) is 19.1 Å². The van der Waals surface area contributed by atoms with Crippen molar-refractivity contribution in [2.45, 2.75) is 33.7 Å². The minimum absolute atomic E-state index is 0.139. The number of anilines is 1. The maximum Gasteiger partial charge on any atom is 0.341 e. The minimum atomic E-state index is -0.440. The molecule has 2 heterocycles. The van der Waals surface area contributed by atoms with E-state index in [0.717, 1.165) is 33.7 Å². The fraction of sp³-hybridized carbons (Fsp3) is 0.316. The number of esters is 1. The minimum Gasteiger partial charge on any atom is -0.465 e. The van der Waals surface area contributed by atoms with E-state index in [1.54, 1.807) is 0 Å². The van der Waals surface area contributed by atoms with Crippen LogP contribution in [0.5, 0.6) is 0 Å². The van der Waals surface area contributed by atoms with Crippen LogP contribution in [0.25, 0.3) is 11.0 Å². The molecule has 0 radical (unpaired) electrons. The lowest BCUT2D eigenvalue weighted by atomic mass is 10.1. The maximum absolute atomic E-state index is 12.7. The van der Waals surface area contributed by atoms with E-state index in [1.165, 1.54) is 18.4 Å². The number of fused-ring (bicyclic) bond motifs is 1. The number of ether oxygens (including phenoxy) is 1. The van der Waals surface area contributed by atoms with Crippen LogP contribution in [0.3, 0.4) is 0 Å². The van der Waals surface area contributed by atoms with Crippen LogP contribution in [0.2, 0.25) is 0 Å². The first-order valence-electron chi connectivity index (χ1n) is 8.38. The van der Waals surface area contributed by atoms with E-state index in [-0.39, 0.29) is 12.5 Å². The predicted octanol–water partition coefficient (Wildman–Crippen LogP) is 3.70. The van der Waals surface area contributed by atoms with Gasteiger partial charge in [0.2, 0.25) is 5.91 Å². The van der Waals surface area contributed by atoms with Crippen molar-refractivity contribution >= 4 is 39.2 Å². The molecule has 6 nitrogen and oxygen atoms in total. The number of methoxy groups -OCH3 is 1. The molecule has 136 valence electrons. The van der Waals surface area contributed by atoms with Gasteiger partial charge in [0.1, 0.15) is 17.4 Å². The molecule has 0 aliphatic carbocycles. The molecule has 0 fully saturated rings. The summed E-state index contributed by atoms with van der Waals surface area (Å²) in [5.74, 6) is 0.215. The first kappa shape index (κ1) is 18.1. The zero-order valence-corrected chi connectivity index (χ0v) is 16.1. The third-order valence-corrected chi connectivity index (χ3v) is 5.50. The zero-order chi connectivity index (χ0) is 18.8. The summed E-state index contributed by atoms with van der Waals surface area (Å²) in [6.07, 6.45) is 0.729. The summed E-state index contributed by atoms with van der Waals surface area (Å²) in [6.45, 7) is 5.92. The highest BCUT2D eigenvalue weighted by Gasteiger charge is 2.22. The van der Waals surface area contributed by atoms with Crippen molar-refractivity contribution in [2.75, 3.05) is 12.4 Å². The van der Waals surface area contributed by atoms with Crippen molar-refractivity contribution in [3.63, 3.8) is 0 Å². The molecule has 0 spiro atoms. The van der Waals surface area contributed by atoms with Crippen LogP contribution in [-0.4, -0.2) is 28.5 Å². The highest BCUT2D eigenvalue weighted by molar-refractivity contribution is 7.16. The Morgan fingerprint density at radius 1 is 1.27 bits per heavy atom. The summed E-state index contributed by atoms with van der Waals surface area (Å²) in [5.41, 5.74) is 3.05. The number of carbonyl (C=O) groups excluding carboxylic acids is 2. The quantitative estimate of drug-likeness (QED) is 0.694. The van der Waals surface area contributed by atoms with Crippen LogP contribution in [0.1, 0.15) is 33.5 Å². The van der Waals surface area contributed by atoms with Crippen LogP contribution < -0.4 is 5.32 Å². The monoisotopic (exact) mass is 371 g/mol. The Morgan fingerprint density at radius 3 is 2.69 bits per heavy atom. The number of carbonyl (C=O) groups is 2. The van der Waals surface area contributed by atoms with Crippen molar-refractivity contribution in [3.8, 4) is 0 Å². The Balaban J connectivity index is 1.89. The van der Waals surface area contributed by atoms with Crippen molar-refractivity contribution in [1.82, 2.24) is 9.55 Å². The summed E-state index contributed by atoms with van der Waals surface area (Å²) in [5, 5.41) is 3.40. The molecule has 0 saturated carbocycles. The topological polar surface area (TPSA) is 73.2 Å². The van der Waals surface area contributed by atoms with Crippen molar-refractivity contribution in [3.05, 3.63) is 46.1 Å². The van der Waals surface area contributed by atoms with Crippen molar-refractivity contribution in [1.29, 1.82) is 0 Å². The van der Waals surface area contributed by atoms with E-state index in [0.29, 0.717) is 10.6 Å². The number of thiophene rings is 1. The van der Waals surface area contributed by atoms with Gasteiger partial charge in [0, 0.05) is 11.3 Å². The predicted molar refractivity (Wildman–Crippen MR) is 103 cm³/mol. The van der Waals surface area contributed by atoms with Gasteiger partial charge in [-0.05, 0) is 31.5 Å². The average Bonchev–Trinajstić information content (AvgIpc) is 3.12. The number of benzene rings is 1. The highest BCUT2D eigenvalue weighted by atomic mass is 32.1. The lowest BCUT2D eigenvalue weighted by Crippen LogP contribution is -2.21. The number of para-hydroxylation sites is 2. The smallest absolute Gasteiger partial charge is 0.341 e. The van der Waals surface area contributed by atoms with Crippen LogP contribution in [0.15, 0.2) is 24.3 Å². The van der Waals surface area contributed by atoms with Gasteiger partial charge in [-0.25, -0.2) is 9.78 Å². The molecular weight excluding hydrogens is 350 g/mol. The molecule has 3 aromatic rings. The summed E-state index contributed by atoms with van der Waals surface area (Å²) < 4.78 is 6.77. The Hall–Kier alpha value is -2.67. The SMILES string of the molecule is CCc1nc2ccccc2n1CC(=O)Nc1sc(C)c(C)c1C(=O)OC. The molecule has 0 unspecified atom stereocenters. The lowest BCUT2D eigenvalue weighted by molar-refractivity contribution is -0.116. The Kier molecular flexibility index (Phi) is 5.08. The van der Waals surface area contributed by atoms with E-state index >= 15 is 0 Å². The fourth-order valence-electron chi connectivity index (χ4n) is 2.94. The number of hydrogen-bond acceptors (Lipinski definition) is 5. The molecule has 0 aliphatic rings. The number of rotatable bonds is 5. The molecule has 0 bridgehead atoms. The number of imidazole rings is 1. The first-order valence-corrected chi connectivity index (χ1v) is 9.20. The van der Waals surface area contributed by atoms with E-state index in [4.69, 9.17) is 4.74 Å². The van der Waals surface area contributed by atoms with Gasteiger partial charge in [-0.3, -0.25) is 4.79 Å². The lowest BCUT2D eigenvalue weighted by Gasteiger charge is -2.09. The Morgan fingerprint density at radius 2 is 2.00 bits per heavy atom. The molecule has 0 saturated heterocycles. The summed E-state index contributed by atoms with van der Waals surface area (Å²) in [4.78, 5) is 30.3. The van der Waals surface area contributed by atoms with E-state index in [1.807, 2.05) is 49.6 Å². The number of nitrogens with one attached hydrogen (secondary N) is 1. The molecular formula is C19H21N3O3S. The Bertz CT molecular complexity index is 987. The zero-order valence-electron chi connectivity index (χ0n) is 15.3. The number of nitrogens with zero attached hydrogens (tertiary/aromatic N) is 2. The summed E-state index contributed by atoms with van der Waals surface area (Å²) >= 11 is 1.38. The van der Waals surface area contributed by atoms with Gasteiger partial charge in [0.15, 0.2) is 0 Å². The fourth-order valence-corrected chi connectivity index (χ4v) is 4.01. The van der Waals surface area contributed by atoms with Crippen LogP contribution in [0.4, 0.5) is 5.00 Å². The summed E-state index contributed by atoms with van der Waals surface area (Å²) in [6, 6.07) is 7.75. The van der Waals surface area contributed by atoms with Gasteiger partial charge in [0.25, 0.3) is 0 Å². The molecule has 0 atom stereocenters. The van der Waals surface area contributed by atoms with Crippen molar-refractivity contribution < 1.29 is 14.3 Å². The largest absolute Gasteiger partial charge is 0.465 e. The molecule has 1 aromatic carbocycles. The molecule has 1 amide bonds. The maximum atomic E-state index is 12.7. The first-order chi connectivity index (χ1) is 12.5. The second-order valence-electron chi connectivity index (χ2n) is 5.98. The second kappa shape index (κ2) is 7.29. The van der Waals surface area contributed by atoms with Crippen LogP contribution in [-0.2, 0) is 22.5 Å². The van der Waals surface area contributed by atoms with Gasteiger partial charge < -0.3 is 14.6 Å². The van der Waals surface area contributed by atoms with E-state index < -0.39 is 5.97 Å². The number of aryl methyl sites for hydroxylation is 2. The molecule has 0 aliphatic heterocycles. The van der Waals surface area contributed by atoms with Crippen LogP contribution >= 0.6 is 11.3 Å². The molecule has 1 N–H and O–H groups in total. The number of hydrogen-bond donors (Lipinski definition) is 1. The van der Waals surface area contributed by atoms with Gasteiger partial charge >= 0.3 is 5.97 Å². The Labute approximate surface area is 155 Å². The summed E-state index contributed by atoms with van der Waals surface area (Å²) in [7, 11) is 1.34. The third-order valence-electron chi connectivity index (χ3n) is 4.38.